The standard InChI is InChI=1S/C15H15N3O5S/c1-21-11-7-6-10(13(8-11)22-2)9-16-24(19,20)14-5-3-4-12-15(14)18-23-17-12/h3-8,16H,9H2,1-2H3. The van der Waals surface area contributed by atoms with Crippen LogP contribution in [0.5, 0.6) is 11.5 Å². The molecule has 0 spiro atoms. The van der Waals surface area contributed by atoms with Gasteiger partial charge < -0.3 is 9.47 Å². The fourth-order valence-corrected chi connectivity index (χ4v) is 3.40. The second kappa shape index (κ2) is 6.46. The molecule has 0 radical (unpaired) electrons. The molecule has 1 aromatic heterocycles. The molecule has 0 unspecified atom stereocenters. The topological polar surface area (TPSA) is 104 Å². The molecule has 8 nitrogen and oxygen atoms in total. The Labute approximate surface area is 138 Å². The van der Waals surface area contributed by atoms with Crippen LogP contribution in [0.25, 0.3) is 11.0 Å². The van der Waals surface area contributed by atoms with Crippen molar-refractivity contribution in [3.63, 3.8) is 0 Å². The number of hydrogen-bond donors (Lipinski definition) is 1. The summed E-state index contributed by atoms with van der Waals surface area (Å²) >= 11 is 0. The van der Waals surface area contributed by atoms with Crippen LogP contribution in [0.15, 0.2) is 45.9 Å². The van der Waals surface area contributed by atoms with Crippen molar-refractivity contribution in [2.45, 2.75) is 11.4 Å². The van der Waals surface area contributed by atoms with Crippen molar-refractivity contribution in [1.29, 1.82) is 0 Å². The molecule has 2 aromatic carbocycles. The van der Waals surface area contributed by atoms with E-state index in [-0.39, 0.29) is 17.0 Å². The maximum Gasteiger partial charge on any atom is 0.243 e. The molecule has 3 rings (SSSR count). The van der Waals surface area contributed by atoms with Gasteiger partial charge in [-0.05, 0) is 28.5 Å². The molecular formula is C15H15N3O5S. The number of nitrogens with zero attached hydrogens (tertiary/aromatic N) is 2. The Kier molecular flexibility index (Phi) is 4.36. The molecule has 0 saturated carbocycles. The Morgan fingerprint density at radius 1 is 1.12 bits per heavy atom. The minimum Gasteiger partial charge on any atom is -0.497 e. The average molecular weight is 349 g/mol. The quantitative estimate of drug-likeness (QED) is 0.722. The SMILES string of the molecule is COc1ccc(CNS(=O)(=O)c2cccc3nonc23)c(OC)c1. The van der Waals surface area contributed by atoms with Crippen molar-refractivity contribution in [3.05, 3.63) is 42.0 Å². The van der Waals surface area contributed by atoms with Gasteiger partial charge in [-0.15, -0.1) is 0 Å². The van der Waals surface area contributed by atoms with Crippen LogP contribution in [0.1, 0.15) is 5.56 Å². The molecule has 1 N–H and O–H groups in total. The van der Waals surface area contributed by atoms with E-state index in [1.165, 1.54) is 13.2 Å². The van der Waals surface area contributed by atoms with E-state index in [0.29, 0.717) is 22.6 Å². The van der Waals surface area contributed by atoms with E-state index in [1.807, 2.05) is 0 Å². The molecule has 0 aliphatic carbocycles. The molecule has 0 fully saturated rings. The summed E-state index contributed by atoms with van der Waals surface area (Å²) in [5.41, 5.74) is 1.24. The molecule has 0 aliphatic heterocycles. The highest BCUT2D eigenvalue weighted by Crippen LogP contribution is 2.25. The lowest BCUT2D eigenvalue weighted by molar-refractivity contribution is 0.315. The van der Waals surface area contributed by atoms with E-state index in [1.54, 1.807) is 37.4 Å². The summed E-state index contributed by atoms with van der Waals surface area (Å²) in [5.74, 6) is 1.15. The number of ether oxygens (including phenoxy) is 2. The van der Waals surface area contributed by atoms with Crippen LogP contribution < -0.4 is 14.2 Å². The number of nitrogens with one attached hydrogen (secondary N) is 1. The fraction of sp³-hybridized carbons (Fsp3) is 0.200. The van der Waals surface area contributed by atoms with E-state index < -0.39 is 10.0 Å². The lowest BCUT2D eigenvalue weighted by Gasteiger charge is -2.11. The summed E-state index contributed by atoms with van der Waals surface area (Å²) in [4.78, 5) is 0.00808. The summed E-state index contributed by atoms with van der Waals surface area (Å²) < 4.78 is 42.6. The highest BCUT2D eigenvalue weighted by Gasteiger charge is 2.20. The number of aromatic nitrogens is 2. The van der Waals surface area contributed by atoms with E-state index in [9.17, 15) is 8.42 Å². The van der Waals surface area contributed by atoms with E-state index in [4.69, 9.17) is 9.47 Å². The second-order valence-electron chi connectivity index (χ2n) is 4.89. The van der Waals surface area contributed by atoms with Crippen molar-refractivity contribution in [1.82, 2.24) is 15.0 Å². The molecular weight excluding hydrogens is 334 g/mol. The zero-order valence-corrected chi connectivity index (χ0v) is 13.8. The van der Waals surface area contributed by atoms with Crippen LogP contribution >= 0.6 is 0 Å². The van der Waals surface area contributed by atoms with Crippen molar-refractivity contribution in [2.24, 2.45) is 0 Å². The normalized spacial score (nSPS) is 11.6. The monoisotopic (exact) mass is 349 g/mol. The van der Waals surface area contributed by atoms with Gasteiger partial charge in [-0.25, -0.2) is 17.8 Å². The lowest BCUT2D eigenvalue weighted by Crippen LogP contribution is -2.23. The minimum atomic E-state index is -3.79. The molecule has 0 atom stereocenters. The van der Waals surface area contributed by atoms with Crippen LogP contribution in [0.2, 0.25) is 0 Å². The van der Waals surface area contributed by atoms with Gasteiger partial charge in [0.15, 0.2) is 5.52 Å². The zero-order chi connectivity index (χ0) is 17.2. The van der Waals surface area contributed by atoms with Gasteiger partial charge in [0.25, 0.3) is 0 Å². The van der Waals surface area contributed by atoms with Gasteiger partial charge in [0.2, 0.25) is 10.0 Å². The summed E-state index contributed by atoms with van der Waals surface area (Å²) in [5, 5.41) is 7.30. The molecule has 0 amide bonds. The third-order valence-electron chi connectivity index (χ3n) is 3.49. The first-order chi connectivity index (χ1) is 11.5. The van der Waals surface area contributed by atoms with Gasteiger partial charge >= 0.3 is 0 Å². The lowest BCUT2D eigenvalue weighted by atomic mass is 10.2. The fourth-order valence-electron chi connectivity index (χ4n) is 2.25. The van der Waals surface area contributed by atoms with Crippen LogP contribution in [0.4, 0.5) is 0 Å². The molecule has 24 heavy (non-hydrogen) atoms. The number of hydrogen-bond acceptors (Lipinski definition) is 7. The molecule has 126 valence electrons. The number of methoxy groups -OCH3 is 2. The number of fused-ring (bicyclic) bond motifs is 1. The summed E-state index contributed by atoms with van der Waals surface area (Å²) in [7, 11) is -0.741. The van der Waals surface area contributed by atoms with Gasteiger partial charge in [0.1, 0.15) is 21.9 Å². The Morgan fingerprint density at radius 2 is 1.96 bits per heavy atom. The summed E-state index contributed by atoms with van der Waals surface area (Å²) in [6, 6.07) is 9.80. The Morgan fingerprint density at radius 3 is 2.71 bits per heavy atom. The first kappa shape index (κ1) is 16.2. The number of sulfonamides is 1. The Bertz CT molecular complexity index is 968. The summed E-state index contributed by atoms with van der Waals surface area (Å²) in [6.07, 6.45) is 0. The van der Waals surface area contributed by atoms with Gasteiger partial charge in [-0.3, -0.25) is 0 Å². The first-order valence-corrected chi connectivity index (χ1v) is 8.45. The van der Waals surface area contributed by atoms with Crippen molar-refractivity contribution >= 4 is 21.1 Å². The molecule has 9 heteroatoms. The highest BCUT2D eigenvalue weighted by atomic mass is 32.2. The molecule has 0 saturated heterocycles. The number of benzene rings is 2. The van der Waals surface area contributed by atoms with Crippen LogP contribution in [-0.2, 0) is 16.6 Å². The maximum absolute atomic E-state index is 12.6. The first-order valence-electron chi connectivity index (χ1n) is 6.97. The smallest absolute Gasteiger partial charge is 0.243 e. The highest BCUT2D eigenvalue weighted by molar-refractivity contribution is 7.89. The largest absolute Gasteiger partial charge is 0.497 e. The Balaban J connectivity index is 1.87. The maximum atomic E-state index is 12.6. The predicted molar refractivity (Wildman–Crippen MR) is 85.4 cm³/mol. The molecule has 0 bridgehead atoms. The van der Waals surface area contributed by atoms with Crippen molar-refractivity contribution in [2.75, 3.05) is 14.2 Å². The summed E-state index contributed by atoms with van der Waals surface area (Å²) in [6.45, 7) is 0.0527. The molecule has 1 heterocycles. The van der Waals surface area contributed by atoms with E-state index >= 15 is 0 Å². The molecule has 0 aliphatic rings. The van der Waals surface area contributed by atoms with E-state index in [2.05, 4.69) is 19.7 Å². The van der Waals surface area contributed by atoms with Crippen molar-refractivity contribution in [3.8, 4) is 11.5 Å². The van der Waals surface area contributed by atoms with Gasteiger partial charge in [-0.1, -0.05) is 12.1 Å². The van der Waals surface area contributed by atoms with Crippen molar-refractivity contribution < 1.29 is 22.5 Å². The predicted octanol–water partition coefficient (Wildman–Crippen LogP) is 1.72. The van der Waals surface area contributed by atoms with Crippen LogP contribution in [-0.4, -0.2) is 33.0 Å². The average Bonchev–Trinajstić information content (AvgIpc) is 3.08. The third-order valence-corrected chi connectivity index (χ3v) is 4.92. The van der Waals surface area contributed by atoms with Gasteiger partial charge in [0.05, 0.1) is 14.2 Å². The van der Waals surface area contributed by atoms with Crippen LogP contribution in [0.3, 0.4) is 0 Å². The minimum absolute atomic E-state index is 0.00808. The number of rotatable bonds is 6. The van der Waals surface area contributed by atoms with Gasteiger partial charge in [0, 0.05) is 18.2 Å². The van der Waals surface area contributed by atoms with Gasteiger partial charge in [-0.2, -0.15) is 0 Å². The second-order valence-corrected chi connectivity index (χ2v) is 6.63. The zero-order valence-electron chi connectivity index (χ0n) is 13.0. The van der Waals surface area contributed by atoms with Crippen LogP contribution in [0, 0.1) is 0 Å². The third kappa shape index (κ3) is 3.03. The molecule has 3 aromatic rings. The van der Waals surface area contributed by atoms with E-state index in [0.717, 1.165) is 0 Å². The Hall–Kier alpha value is -2.65.